The Morgan fingerprint density at radius 2 is 2.39 bits per heavy atom. The van der Waals surface area contributed by atoms with Crippen LogP contribution in [-0.2, 0) is 10.3 Å². The maximum Gasteiger partial charge on any atom is 0.194 e. The summed E-state index contributed by atoms with van der Waals surface area (Å²) >= 11 is 0. The minimum Gasteiger partial charge on any atom is -0.466 e. The first-order valence-electron chi connectivity index (χ1n) is 7.85. The number of aliphatic hydroxyl groups is 1. The normalized spacial score (nSPS) is 21.0. The number of nitrogens with one attached hydrogen (secondary N) is 1. The van der Waals surface area contributed by atoms with Gasteiger partial charge < -0.3 is 24.5 Å². The molecular formula is C16H28IN3O3. The summed E-state index contributed by atoms with van der Waals surface area (Å²) in [5.41, 5.74) is -1.10. The molecule has 132 valence electrons. The Morgan fingerprint density at radius 3 is 3.00 bits per heavy atom. The lowest BCUT2D eigenvalue weighted by Gasteiger charge is -2.24. The van der Waals surface area contributed by atoms with Crippen molar-refractivity contribution in [1.29, 1.82) is 0 Å². The van der Waals surface area contributed by atoms with Crippen LogP contribution in [0.25, 0.3) is 0 Å². The van der Waals surface area contributed by atoms with Gasteiger partial charge in [-0.2, -0.15) is 0 Å². The van der Waals surface area contributed by atoms with Gasteiger partial charge in [-0.1, -0.05) is 0 Å². The maximum atomic E-state index is 10.5. The Kier molecular flexibility index (Phi) is 8.35. The van der Waals surface area contributed by atoms with Crippen molar-refractivity contribution in [1.82, 2.24) is 10.2 Å². The molecule has 1 fully saturated rings. The van der Waals surface area contributed by atoms with Crippen molar-refractivity contribution in [2.24, 2.45) is 10.9 Å². The van der Waals surface area contributed by atoms with Crippen LogP contribution in [0.5, 0.6) is 0 Å². The summed E-state index contributed by atoms with van der Waals surface area (Å²) in [6.07, 6.45) is 2.67. The van der Waals surface area contributed by atoms with Crippen molar-refractivity contribution in [3.8, 4) is 0 Å². The number of halogens is 1. The van der Waals surface area contributed by atoms with E-state index >= 15 is 0 Å². The molecule has 6 nitrogen and oxygen atoms in total. The van der Waals surface area contributed by atoms with Gasteiger partial charge in [0, 0.05) is 32.7 Å². The third-order valence-corrected chi connectivity index (χ3v) is 3.91. The van der Waals surface area contributed by atoms with Gasteiger partial charge in [-0.15, -0.1) is 24.0 Å². The van der Waals surface area contributed by atoms with E-state index < -0.39 is 5.60 Å². The predicted octanol–water partition coefficient (Wildman–Crippen LogP) is 2.04. The first kappa shape index (κ1) is 20.2. The molecule has 1 aromatic heterocycles. The van der Waals surface area contributed by atoms with E-state index in [0.29, 0.717) is 11.7 Å². The average molecular weight is 437 g/mol. The lowest BCUT2D eigenvalue weighted by molar-refractivity contribution is 0.0435. The number of hydrogen-bond acceptors (Lipinski definition) is 4. The van der Waals surface area contributed by atoms with Crippen molar-refractivity contribution in [2.75, 3.05) is 39.9 Å². The van der Waals surface area contributed by atoms with E-state index in [4.69, 9.17) is 9.15 Å². The molecule has 2 rings (SSSR count). The number of methoxy groups -OCH3 is 1. The number of hydrogen-bond donors (Lipinski definition) is 2. The Balaban J connectivity index is 0.00000264. The first-order valence-corrected chi connectivity index (χ1v) is 7.85. The van der Waals surface area contributed by atoms with Crippen LogP contribution in [0.3, 0.4) is 0 Å². The van der Waals surface area contributed by atoms with Crippen LogP contribution in [0.4, 0.5) is 0 Å². The highest BCUT2D eigenvalue weighted by atomic mass is 127. The van der Waals surface area contributed by atoms with E-state index in [1.807, 2.05) is 6.92 Å². The van der Waals surface area contributed by atoms with Crippen molar-refractivity contribution in [3.63, 3.8) is 0 Å². The summed E-state index contributed by atoms with van der Waals surface area (Å²) in [5, 5.41) is 13.8. The second kappa shape index (κ2) is 9.48. The van der Waals surface area contributed by atoms with Crippen LogP contribution in [0.15, 0.2) is 27.8 Å². The molecule has 23 heavy (non-hydrogen) atoms. The molecular weight excluding hydrogens is 409 g/mol. The van der Waals surface area contributed by atoms with Gasteiger partial charge >= 0.3 is 0 Å². The highest BCUT2D eigenvalue weighted by Gasteiger charge is 2.28. The Morgan fingerprint density at radius 1 is 1.61 bits per heavy atom. The summed E-state index contributed by atoms with van der Waals surface area (Å²) in [4.78, 5) is 6.83. The summed E-state index contributed by atoms with van der Waals surface area (Å²) in [7, 11) is 1.74. The zero-order valence-corrected chi connectivity index (χ0v) is 16.4. The average Bonchev–Trinajstić information content (AvgIpc) is 3.15. The third kappa shape index (κ3) is 5.65. The molecule has 0 amide bonds. The van der Waals surface area contributed by atoms with Gasteiger partial charge in [0.2, 0.25) is 0 Å². The quantitative estimate of drug-likeness (QED) is 0.405. The number of ether oxygens (including phenoxy) is 1. The van der Waals surface area contributed by atoms with Crippen LogP contribution in [0.1, 0.15) is 26.0 Å². The monoisotopic (exact) mass is 437 g/mol. The molecule has 0 spiro atoms. The number of furan rings is 1. The van der Waals surface area contributed by atoms with Crippen LogP contribution in [0, 0.1) is 5.92 Å². The summed E-state index contributed by atoms with van der Waals surface area (Å²) in [5.74, 6) is 1.91. The third-order valence-electron chi connectivity index (χ3n) is 3.91. The smallest absolute Gasteiger partial charge is 0.194 e. The minimum atomic E-state index is -1.10. The molecule has 1 aliphatic rings. The van der Waals surface area contributed by atoms with E-state index in [1.165, 1.54) is 0 Å². The second-order valence-corrected chi connectivity index (χ2v) is 5.98. The van der Waals surface area contributed by atoms with Crippen molar-refractivity contribution in [3.05, 3.63) is 24.2 Å². The molecule has 0 saturated carbocycles. The van der Waals surface area contributed by atoms with Crippen LogP contribution < -0.4 is 5.32 Å². The Labute approximate surface area is 155 Å². The fraction of sp³-hybridized carbons (Fsp3) is 0.688. The van der Waals surface area contributed by atoms with E-state index in [-0.39, 0.29) is 30.5 Å². The van der Waals surface area contributed by atoms with E-state index in [2.05, 4.69) is 15.2 Å². The number of likely N-dealkylation sites (tertiary alicyclic amines) is 1. The maximum absolute atomic E-state index is 10.5. The highest BCUT2D eigenvalue weighted by molar-refractivity contribution is 14.0. The van der Waals surface area contributed by atoms with E-state index in [1.54, 1.807) is 32.4 Å². The SMILES string of the molecule is CCNC(=NCC(C)(O)c1ccco1)N1CCC(COC)C1.I. The molecule has 2 atom stereocenters. The Bertz CT molecular complexity index is 477. The molecule has 1 saturated heterocycles. The highest BCUT2D eigenvalue weighted by Crippen LogP contribution is 2.22. The number of rotatable bonds is 6. The molecule has 1 aliphatic heterocycles. The molecule has 1 aromatic rings. The fourth-order valence-electron chi connectivity index (χ4n) is 2.71. The molecule has 7 heteroatoms. The summed E-state index contributed by atoms with van der Waals surface area (Å²) < 4.78 is 10.5. The predicted molar refractivity (Wildman–Crippen MR) is 101 cm³/mol. The molecule has 0 bridgehead atoms. The summed E-state index contributed by atoms with van der Waals surface area (Å²) in [6, 6.07) is 3.54. The molecule has 0 aliphatic carbocycles. The van der Waals surface area contributed by atoms with Crippen LogP contribution >= 0.6 is 24.0 Å². The second-order valence-electron chi connectivity index (χ2n) is 5.98. The molecule has 2 unspecified atom stereocenters. The largest absolute Gasteiger partial charge is 0.466 e. The fourth-order valence-corrected chi connectivity index (χ4v) is 2.71. The molecule has 0 radical (unpaired) electrons. The van der Waals surface area contributed by atoms with Gasteiger partial charge in [0.25, 0.3) is 0 Å². The minimum absolute atomic E-state index is 0. The van der Waals surface area contributed by atoms with Crippen LogP contribution in [-0.4, -0.2) is 55.9 Å². The van der Waals surface area contributed by atoms with Gasteiger partial charge in [0.15, 0.2) is 5.96 Å². The molecule has 2 N–H and O–H groups in total. The molecule has 2 heterocycles. The number of guanidine groups is 1. The topological polar surface area (TPSA) is 70.2 Å². The Hall–Kier alpha value is -0.800. The zero-order chi connectivity index (χ0) is 16.0. The van der Waals surface area contributed by atoms with Gasteiger partial charge in [0.1, 0.15) is 11.4 Å². The summed E-state index contributed by atoms with van der Waals surface area (Å²) in [6.45, 7) is 7.49. The number of nitrogens with zero attached hydrogens (tertiary/aromatic N) is 2. The van der Waals surface area contributed by atoms with Gasteiger partial charge in [-0.05, 0) is 32.4 Å². The van der Waals surface area contributed by atoms with Crippen molar-refractivity contribution >= 4 is 29.9 Å². The van der Waals surface area contributed by atoms with E-state index in [0.717, 1.165) is 38.6 Å². The van der Waals surface area contributed by atoms with Crippen LogP contribution in [0.2, 0.25) is 0 Å². The van der Waals surface area contributed by atoms with Gasteiger partial charge in [0.05, 0.1) is 19.4 Å². The van der Waals surface area contributed by atoms with Crippen molar-refractivity contribution < 1.29 is 14.3 Å². The van der Waals surface area contributed by atoms with Gasteiger partial charge in [-0.3, -0.25) is 0 Å². The molecule has 0 aromatic carbocycles. The lowest BCUT2D eigenvalue weighted by Crippen LogP contribution is -2.41. The lowest BCUT2D eigenvalue weighted by atomic mass is 10.0. The number of aliphatic imine (C=N–C) groups is 1. The van der Waals surface area contributed by atoms with E-state index in [9.17, 15) is 5.11 Å². The first-order chi connectivity index (χ1) is 10.6. The van der Waals surface area contributed by atoms with Gasteiger partial charge in [-0.25, -0.2) is 4.99 Å². The zero-order valence-electron chi connectivity index (χ0n) is 14.1. The van der Waals surface area contributed by atoms with Crippen molar-refractivity contribution in [2.45, 2.75) is 25.9 Å². The standard InChI is InChI=1S/C16H27N3O3.HI/c1-4-17-15(19-8-7-13(10-19)11-21-3)18-12-16(2,20)14-6-5-9-22-14;/h5-6,9,13,20H,4,7-8,10-12H2,1-3H3,(H,17,18);1H.